The number of rotatable bonds is 4. The van der Waals surface area contributed by atoms with Gasteiger partial charge in [-0.15, -0.1) is 0 Å². The largest absolute Gasteiger partial charge is 0.459 e. The molecule has 1 N–H and O–H groups in total. The predicted octanol–water partition coefficient (Wildman–Crippen LogP) is 7.27. The molecule has 2 aromatic carbocycles. The van der Waals surface area contributed by atoms with Crippen LogP contribution < -0.4 is 10.2 Å². The summed E-state index contributed by atoms with van der Waals surface area (Å²) in [6.45, 7) is 1.72. The van der Waals surface area contributed by atoms with Crippen LogP contribution in [0.5, 0.6) is 0 Å². The summed E-state index contributed by atoms with van der Waals surface area (Å²) in [5.41, 5.74) is 2.79. The van der Waals surface area contributed by atoms with E-state index in [-0.39, 0.29) is 17.9 Å². The molecular weight excluding hydrogens is 480 g/mol. The molecule has 1 aliphatic heterocycles. The Morgan fingerprint density at radius 3 is 2.67 bits per heavy atom. The van der Waals surface area contributed by atoms with Gasteiger partial charge in [0.1, 0.15) is 23.4 Å². The van der Waals surface area contributed by atoms with E-state index in [2.05, 4.69) is 10.3 Å². The van der Waals surface area contributed by atoms with Crippen molar-refractivity contribution < 1.29 is 8.81 Å². The van der Waals surface area contributed by atoms with Crippen molar-refractivity contribution in [1.29, 1.82) is 0 Å². The smallest absolute Gasteiger partial charge is 0.174 e. The molecule has 33 heavy (non-hydrogen) atoms. The van der Waals surface area contributed by atoms with E-state index in [1.54, 1.807) is 31.3 Å². The molecule has 0 unspecified atom stereocenters. The number of anilines is 1. The molecule has 0 radical (unpaired) electrons. The van der Waals surface area contributed by atoms with Crippen LogP contribution in [-0.4, -0.2) is 10.1 Å². The van der Waals surface area contributed by atoms with Gasteiger partial charge in [-0.05, 0) is 79.3 Å². The minimum absolute atomic E-state index is 0.273. The number of aryl methyl sites for hydroxylation is 1. The van der Waals surface area contributed by atoms with Gasteiger partial charge in [0.25, 0.3) is 0 Å². The quantitative estimate of drug-likeness (QED) is 0.300. The first-order valence-electron chi connectivity index (χ1n) is 10.2. The van der Waals surface area contributed by atoms with Gasteiger partial charge in [-0.1, -0.05) is 35.3 Å². The van der Waals surface area contributed by atoms with Crippen LogP contribution in [0.25, 0.3) is 11.3 Å². The first-order chi connectivity index (χ1) is 15.9. The second-order valence-electron chi connectivity index (χ2n) is 7.73. The maximum Gasteiger partial charge on any atom is 0.174 e. The summed E-state index contributed by atoms with van der Waals surface area (Å²) >= 11 is 18.3. The van der Waals surface area contributed by atoms with Crippen LogP contribution in [-0.2, 0) is 0 Å². The molecule has 1 fully saturated rings. The Bertz CT molecular complexity index is 1340. The summed E-state index contributed by atoms with van der Waals surface area (Å²) in [6.07, 6.45) is 1.74. The number of halogens is 3. The van der Waals surface area contributed by atoms with Crippen molar-refractivity contribution >= 4 is 46.2 Å². The molecule has 2 atom stereocenters. The monoisotopic (exact) mass is 497 g/mol. The fourth-order valence-electron chi connectivity index (χ4n) is 4.05. The third kappa shape index (κ3) is 3.99. The van der Waals surface area contributed by atoms with Gasteiger partial charge in [0.05, 0.1) is 21.8 Å². The Balaban J connectivity index is 1.62. The molecule has 2 aromatic heterocycles. The highest BCUT2D eigenvalue weighted by Gasteiger charge is 2.42. The fourth-order valence-corrected chi connectivity index (χ4v) is 4.79. The topological polar surface area (TPSA) is 41.3 Å². The molecule has 8 heteroatoms. The molecular formula is C25H18Cl2FN3OS. The molecule has 5 rings (SSSR count). The summed E-state index contributed by atoms with van der Waals surface area (Å²) < 4.78 is 20.3. The zero-order valence-corrected chi connectivity index (χ0v) is 19.8. The zero-order valence-electron chi connectivity index (χ0n) is 17.4. The summed E-state index contributed by atoms with van der Waals surface area (Å²) in [6, 6.07) is 19.2. The number of pyridine rings is 1. The summed E-state index contributed by atoms with van der Waals surface area (Å²) in [4.78, 5) is 6.47. The molecule has 0 spiro atoms. The van der Waals surface area contributed by atoms with Gasteiger partial charge < -0.3 is 14.6 Å². The van der Waals surface area contributed by atoms with Gasteiger partial charge in [-0.25, -0.2) is 4.39 Å². The lowest BCUT2D eigenvalue weighted by Gasteiger charge is -2.26. The van der Waals surface area contributed by atoms with Gasteiger partial charge in [-0.3, -0.25) is 4.98 Å². The van der Waals surface area contributed by atoms with E-state index in [4.69, 9.17) is 39.8 Å². The highest BCUT2D eigenvalue weighted by atomic mass is 35.5. The standard InChI is InChI=1S/C25H18Cl2FN3OS/c1-14-13-15(8-9-18(14)28)31-24(23(30-25(31)33)19-7-2-3-12-29-19)21-11-10-20(32-21)16-5-4-6-17(26)22(16)27/h2-13,23-24H,1H3,(H,30,33)/t23-,24+/m0/s1. The molecule has 1 saturated heterocycles. The van der Waals surface area contributed by atoms with E-state index in [0.29, 0.717) is 37.8 Å². The Morgan fingerprint density at radius 1 is 1.06 bits per heavy atom. The molecule has 4 aromatic rings. The molecule has 0 amide bonds. The van der Waals surface area contributed by atoms with Crippen molar-refractivity contribution in [2.24, 2.45) is 0 Å². The second kappa shape index (κ2) is 8.78. The molecule has 1 aliphatic rings. The van der Waals surface area contributed by atoms with E-state index >= 15 is 0 Å². The fraction of sp³-hybridized carbons (Fsp3) is 0.120. The van der Waals surface area contributed by atoms with E-state index in [1.807, 2.05) is 47.4 Å². The van der Waals surface area contributed by atoms with Gasteiger partial charge in [0, 0.05) is 17.4 Å². The van der Waals surface area contributed by atoms with Crippen LogP contribution in [0.2, 0.25) is 10.0 Å². The molecule has 0 bridgehead atoms. The van der Waals surface area contributed by atoms with Crippen LogP contribution in [0.4, 0.5) is 10.1 Å². The van der Waals surface area contributed by atoms with Gasteiger partial charge >= 0.3 is 0 Å². The lowest BCUT2D eigenvalue weighted by Crippen LogP contribution is -2.29. The predicted molar refractivity (Wildman–Crippen MR) is 133 cm³/mol. The summed E-state index contributed by atoms with van der Waals surface area (Å²) in [7, 11) is 0. The number of nitrogens with one attached hydrogen (secondary N) is 1. The maximum absolute atomic E-state index is 14.0. The van der Waals surface area contributed by atoms with Crippen LogP contribution in [0, 0.1) is 12.7 Å². The highest BCUT2D eigenvalue weighted by molar-refractivity contribution is 7.80. The average molecular weight is 498 g/mol. The third-order valence-corrected chi connectivity index (χ3v) is 6.79. The minimum Gasteiger partial charge on any atom is -0.459 e. The molecule has 3 heterocycles. The number of nitrogens with zero attached hydrogens (tertiary/aromatic N) is 2. The number of hydrogen-bond donors (Lipinski definition) is 1. The lowest BCUT2D eigenvalue weighted by molar-refractivity contribution is 0.439. The number of hydrogen-bond acceptors (Lipinski definition) is 3. The van der Waals surface area contributed by atoms with E-state index < -0.39 is 0 Å². The van der Waals surface area contributed by atoms with Crippen LogP contribution >= 0.6 is 35.4 Å². The minimum atomic E-state index is -0.357. The number of thiocarbonyl (C=S) groups is 1. The number of benzene rings is 2. The molecule has 166 valence electrons. The second-order valence-corrected chi connectivity index (χ2v) is 8.91. The molecule has 4 nitrogen and oxygen atoms in total. The van der Waals surface area contributed by atoms with E-state index in [0.717, 1.165) is 11.4 Å². The normalized spacial score (nSPS) is 17.9. The molecule has 0 aliphatic carbocycles. The van der Waals surface area contributed by atoms with Crippen molar-refractivity contribution in [1.82, 2.24) is 10.3 Å². The maximum atomic E-state index is 14.0. The van der Waals surface area contributed by atoms with Gasteiger partial charge in [0.15, 0.2) is 5.11 Å². The Kier molecular flexibility index (Phi) is 5.83. The van der Waals surface area contributed by atoms with Gasteiger partial charge in [0.2, 0.25) is 0 Å². The molecule has 0 saturated carbocycles. The van der Waals surface area contributed by atoms with Crippen molar-refractivity contribution in [3.63, 3.8) is 0 Å². The van der Waals surface area contributed by atoms with Crippen molar-refractivity contribution in [2.45, 2.75) is 19.0 Å². The van der Waals surface area contributed by atoms with Crippen LogP contribution in [0.3, 0.4) is 0 Å². The van der Waals surface area contributed by atoms with Crippen LogP contribution in [0.15, 0.2) is 77.3 Å². The summed E-state index contributed by atoms with van der Waals surface area (Å²) in [5.74, 6) is 0.974. The Hall–Kier alpha value is -2.93. The number of aromatic nitrogens is 1. The number of furan rings is 1. The third-order valence-electron chi connectivity index (χ3n) is 5.65. The van der Waals surface area contributed by atoms with Crippen molar-refractivity contribution in [2.75, 3.05) is 4.90 Å². The SMILES string of the molecule is Cc1cc(N2C(=S)N[C@@H](c3ccccn3)[C@H]2c2ccc(-c3cccc(Cl)c3Cl)o2)ccc1F. The zero-order chi connectivity index (χ0) is 23.1. The first kappa shape index (κ1) is 21.9. The first-order valence-corrected chi connectivity index (χ1v) is 11.4. The Morgan fingerprint density at radius 2 is 1.91 bits per heavy atom. The highest BCUT2D eigenvalue weighted by Crippen LogP contribution is 2.44. The van der Waals surface area contributed by atoms with E-state index in [9.17, 15) is 4.39 Å². The average Bonchev–Trinajstić information content (AvgIpc) is 3.43. The summed E-state index contributed by atoms with van der Waals surface area (Å²) in [5, 5.41) is 4.74. The Labute approximate surface area is 206 Å². The van der Waals surface area contributed by atoms with Crippen molar-refractivity contribution in [3.8, 4) is 11.3 Å². The van der Waals surface area contributed by atoms with Crippen molar-refractivity contribution in [3.05, 3.63) is 106 Å². The van der Waals surface area contributed by atoms with Crippen LogP contribution in [0.1, 0.15) is 29.1 Å². The lowest BCUT2D eigenvalue weighted by atomic mass is 10.0. The van der Waals surface area contributed by atoms with Gasteiger partial charge in [-0.2, -0.15) is 0 Å². The van der Waals surface area contributed by atoms with E-state index in [1.165, 1.54) is 6.07 Å².